The van der Waals surface area contributed by atoms with Gasteiger partial charge in [0.15, 0.2) is 5.11 Å². The number of aryl methyl sites for hydroxylation is 1. The number of rotatable bonds is 9. The van der Waals surface area contributed by atoms with Crippen LogP contribution in [0, 0.1) is 0 Å². The van der Waals surface area contributed by atoms with Gasteiger partial charge in [-0.2, -0.15) is 13.2 Å². The van der Waals surface area contributed by atoms with E-state index < -0.39 is 23.6 Å². The number of carbonyl (C=O) groups excluding carboxylic acids is 2. The Hall–Kier alpha value is -2.65. The van der Waals surface area contributed by atoms with Crippen LogP contribution >= 0.6 is 23.8 Å². The van der Waals surface area contributed by atoms with Crippen molar-refractivity contribution in [2.75, 3.05) is 11.9 Å². The minimum absolute atomic E-state index is 0.00272. The highest BCUT2D eigenvalue weighted by Gasteiger charge is 2.31. The molecule has 0 fully saturated rings. The molecule has 0 aliphatic carbocycles. The highest BCUT2D eigenvalue weighted by molar-refractivity contribution is 7.80. The lowest BCUT2D eigenvalue weighted by atomic mass is 10.1. The quantitative estimate of drug-likeness (QED) is 0.277. The number of hydrogen-bond donors (Lipinski definition) is 2. The fourth-order valence-electron chi connectivity index (χ4n) is 2.71. The summed E-state index contributed by atoms with van der Waals surface area (Å²) in [5.74, 6) is -0.884. The molecule has 0 saturated heterocycles. The Bertz CT molecular complexity index is 940. The zero-order valence-electron chi connectivity index (χ0n) is 17.0. The first-order valence-corrected chi connectivity index (χ1v) is 10.6. The van der Waals surface area contributed by atoms with Crippen molar-refractivity contribution in [1.82, 2.24) is 5.32 Å². The average Bonchev–Trinajstić information content (AvgIpc) is 2.72. The van der Waals surface area contributed by atoms with Crippen LogP contribution < -0.4 is 10.6 Å². The molecule has 2 rings (SSSR count). The van der Waals surface area contributed by atoms with Crippen LogP contribution in [0.3, 0.4) is 0 Å². The van der Waals surface area contributed by atoms with Crippen LogP contribution in [0.15, 0.2) is 48.5 Å². The molecule has 0 spiro atoms. The van der Waals surface area contributed by atoms with Gasteiger partial charge in [-0.1, -0.05) is 41.9 Å². The normalized spacial score (nSPS) is 11.0. The van der Waals surface area contributed by atoms with Crippen LogP contribution in [0.4, 0.5) is 18.9 Å². The molecule has 172 valence electrons. The molecule has 5 nitrogen and oxygen atoms in total. The van der Waals surface area contributed by atoms with Crippen molar-refractivity contribution in [3.8, 4) is 0 Å². The van der Waals surface area contributed by atoms with E-state index in [9.17, 15) is 22.8 Å². The number of ether oxygens (including phenoxy) is 1. The summed E-state index contributed by atoms with van der Waals surface area (Å²) in [6, 6.07) is 12.6. The monoisotopic (exact) mass is 486 g/mol. The second-order valence-corrected chi connectivity index (χ2v) is 7.67. The minimum atomic E-state index is -4.54. The number of anilines is 1. The Kier molecular flexibility index (Phi) is 9.93. The number of amides is 1. The summed E-state index contributed by atoms with van der Waals surface area (Å²) in [7, 11) is 0. The number of thiocarbonyl (C=S) groups is 1. The van der Waals surface area contributed by atoms with Gasteiger partial charge in [-0.05, 0) is 55.2 Å². The van der Waals surface area contributed by atoms with E-state index in [-0.39, 0.29) is 35.1 Å². The molecule has 32 heavy (non-hydrogen) atoms. The van der Waals surface area contributed by atoms with Crippen LogP contribution in [-0.4, -0.2) is 23.6 Å². The van der Waals surface area contributed by atoms with Crippen molar-refractivity contribution in [3.05, 3.63) is 64.7 Å². The van der Waals surface area contributed by atoms with E-state index in [1.807, 2.05) is 30.3 Å². The van der Waals surface area contributed by atoms with Crippen molar-refractivity contribution in [2.45, 2.75) is 38.3 Å². The predicted molar refractivity (Wildman–Crippen MR) is 120 cm³/mol. The van der Waals surface area contributed by atoms with Crippen molar-refractivity contribution < 1.29 is 27.5 Å². The van der Waals surface area contributed by atoms with Crippen LogP contribution in [0.25, 0.3) is 0 Å². The molecule has 0 radical (unpaired) electrons. The molecule has 0 atom stereocenters. The van der Waals surface area contributed by atoms with Gasteiger partial charge in [0.2, 0.25) is 5.91 Å². The van der Waals surface area contributed by atoms with Crippen molar-refractivity contribution >= 4 is 46.5 Å². The highest BCUT2D eigenvalue weighted by atomic mass is 35.5. The standard InChI is InChI=1S/C22H22ClF3N2O3S/c23-17-12-11-16(22(24,25)26)14-18(17)27-21(32)28-19(29)9-4-10-20(30)31-13-5-8-15-6-2-1-3-7-15/h1-3,6-7,11-12,14H,4-5,8-10,13H2,(H2,27,28,29,32). The Balaban J connectivity index is 1.65. The molecule has 0 heterocycles. The number of nitrogens with one attached hydrogen (secondary N) is 2. The molecule has 0 bridgehead atoms. The molecule has 10 heteroatoms. The fourth-order valence-corrected chi connectivity index (χ4v) is 3.10. The topological polar surface area (TPSA) is 67.4 Å². The molecule has 0 aliphatic rings. The SMILES string of the molecule is O=C(CCCC(=O)OCCCc1ccccc1)NC(=S)Nc1cc(C(F)(F)F)ccc1Cl. The van der Waals surface area contributed by atoms with Gasteiger partial charge in [0.25, 0.3) is 0 Å². The van der Waals surface area contributed by atoms with Crippen LogP contribution in [0.2, 0.25) is 5.02 Å². The van der Waals surface area contributed by atoms with Crippen LogP contribution in [-0.2, 0) is 26.9 Å². The fraction of sp³-hybridized carbons (Fsp3) is 0.318. The third-order valence-electron chi connectivity index (χ3n) is 4.30. The van der Waals surface area contributed by atoms with E-state index in [1.165, 1.54) is 0 Å². The van der Waals surface area contributed by atoms with E-state index in [0.717, 1.165) is 30.2 Å². The first-order valence-electron chi connectivity index (χ1n) is 9.82. The first-order chi connectivity index (χ1) is 15.1. The zero-order valence-corrected chi connectivity index (χ0v) is 18.6. The number of benzene rings is 2. The summed E-state index contributed by atoms with van der Waals surface area (Å²) in [4.78, 5) is 23.7. The van der Waals surface area contributed by atoms with Crippen LogP contribution in [0.1, 0.15) is 36.8 Å². The number of hydrogen-bond acceptors (Lipinski definition) is 4. The molecule has 2 N–H and O–H groups in total. The Labute approximate surface area is 194 Å². The Morgan fingerprint density at radius 2 is 1.75 bits per heavy atom. The summed E-state index contributed by atoms with van der Waals surface area (Å²) in [6.07, 6.45) is -2.72. The van der Waals surface area contributed by atoms with Gasteiger partial charge in [0, 0.05) is 12.8 Å². The molecule has 0 aliphatic heterocycles. The molecule has 1 amide bonds. The van der Waals surface area contributed by atoms with Gasteiger partial charge in [-0.15, -0.1) is 0 Å². The summed E-state index contributed by atoms with van der Waals surface area (Å²) in [6.45, 7) is 0.297. The van der Waals surface area contributed by atoms with Gasteiger partial charge < -0.3 is 15.4 Å². The third kappa shape index (κ3) is 9.23. The number of alkyl halides is 3. The van der Waals surface area contributed by atoms with Gasteiger partial charge in [-0.25, -0.2) is 0 Å². The molecule has 2 aromatic carbocycles. The maximum absolute atomic E-state index is 12.8. The molecule has 2 aromatic rings. The average molecular weight is 487 g/mol. The highest BCUT2D eigenvalue weighted by Crippen LogP contribution is 2.33. The maximum Gasteiger partial charge on any atom is 0.416 e. The largest absolute Gasteiger partial charge is 0.466 e. The predicted octanol–water partition coefficient (Wildman–Crippen LogP) is 5.52. The van der Waals surface area contributed by atoms with Gasteiger partial charge in [0.05, 0.1) is 22.9 Å². The van der Waals surface area contributed by atoms with Crippen molar-refractivity contribution in [1.29, 1.82) is 0 Å². The van der Waals surface area contributed by atoms with Gasteiger partial charge in [0.1, 0.15) is 0 Å². The van der Waals surface area contributed by atoms with Crippen LogP contribution in [0.5, 0.6) is 0 Å². The maximum atomic E-state index is 12.8. The summed E-state index contributed by atoms with van der Waals surface area (Å²) >= 11 is 10.8. The number of carbonyl (C=O) groups is 2. The lowest BCUT2D eigenvalue weighted by Crippen LogP contribution is -2.34. The molecule has 0 aromatic heterocycles. The van der Waals surface area contributed by atoms with E-state index >= 15 is 0 Å². The second kappa shape index (κ2) is 12.4. The Morgan fingerprint density at radius 1 is 1.03 bits per heavy atom. The smallest absolute Gasteiger partial charge is 0.416 e. The summed E-state index contributed by atoms with van der Waals surface area (Å²) in [5.41, 5.74) is 0.183. The van der Waals surface area contributed by atoms with E-state index in [0.29, 0.717) is 13.0 Å². The van der Waals surface area contributed by atoms with E-state index in [4.69, 9.17) is 28.6 Å². The van der Waals surface area contributed by atoms with E-state index in [1.54, 1.807) is 0 Å². The van der Waals surface area contributed by atoms with Gasteiger partial charge in [-0.3, -0.25) is 9.59 Å². The first kappa shape index (κ1) is 25.6. The summed E-state index contributed by atoms with van der Waals surface area (Å²) in [5, 5.41) is 4.65. The lowest BCUT2D eigenvalue weighted by Gasteiger charge is -2.13. The second-order valence-electron chi connectivity index (χ2n) is 6.86. The van der Waals surface area contributed by atoms with E-state index in [2.05, 4.69) is 10.6 Å². The molecule has 0 unspecified atom stereocenters. The van der Waals surface area contributed by atoms with Crippen molar-refractivity contribution in [3.63, 3.8) is 0 Å². The lowest BCUT2D eigenvalue weighted by molar-refractivity contribution is -0.144. The molecular weight excluding hydrogens is 465 g/mol. The number of halogens is 4. The third-order valence-corrected chi connectivity index (χ3v) is 4.83. The van der Waals surface area contributed by atoms with Crippen molar-refractivity contribution in [2.24, 2.45) is 0 Å². The minimum Gasteiger partial charge on any atom is -0.466 e. The zero-order chi connectivity index (χ0) is 23.6. The summed E-state index contributed by atoms with van der Waals surface area (Å²) < 4.78 is 43.6. The van der Waals surface area contributed by atoms with Gasteiger partial charge >= 0.3 is 12.1 Å². The molecule has 0 saturated carbocycles. The molecular formula is C22H22ClF3N2O3S. The number of esters is 1. The Morgan fingerprint density at radius 3 is 2.44 bits per heavy atom.